The molecule has 0 saturated heterocycles. The summed E-state index contributed by atoms with van der Waals surface area (Å²) in [4.78, 5) is 21.5. The SMILES string of the molecule is N#CCNC(=O)C(=O)NCC(O)C(F)F. The third-order valence-electron chi connectivity index (χ3n) is 1.30. The smallest absolute Gasteiger partial charge is 0.310 e. The lowest BCUT2D eigenvalue weighted by atomic mass is 10.3. The van der Waals surface area contributed by atoms with Gasteiger partial charge in [0.1, 0.15) is 12.6 Å². The summed E-state index contributed by atoms with van der Waals surface area (Å²) in [6.07, 6.45) is -5.01. The molecule has 1 atom stereocenters. The molecular weight excluding hydrogens is 212 g/mol. The molecule has 0 saturated carbocycles. The van der Waals surface area contributed by atoms with Gasteiger partial charge in [-0.25, -0.2) is 8.78 Å². The fraction of sp³-hybridized carbons (Fsp3) is 0.571. The van der Waals surface area contributed by atoms with Crippen LogP contribution >= 0.6 is 0 Å². The van der Waals surface area contributed by atoms with E-state index in [0.29, 0.717) is 0 Å². The number of nitrogens with one attached hydrogen (secondary N) is 2. The maximum atomic E-state index is 11.7. The molecule has 84 valence electrons. The predicted molar refractivity (Wildman–Crippen MR) is 43.6 cm³/mol. The van der Waals surface area contributed by atoms with Crippen molar-refractivity contribution in [2.75, 3.05) is 13.1 Å². The van der Waals surface area contributed by atoms with Gasteiger partial charge in [-0.2, -0.15) is 5.26 Å². The summed E-state index contributed by atoms with van der Waals surface area (Å²) in [5, 5.41) is 20.3. The summed E-state index contributed by atoms with van der Waals surface area (Å²) < 4.78 is 23.5. The Kier molecular flexibility index (Phi) is 5.89. The molecule has 2 amide bonds. The third-order valence-corrected chi connectivity index (χ3v) is 1.30. The molecule has 0 spiro atoms. The van der Waals surface area contributed by atoms with Crippen molar-refractivity contribution in [3.05, 3.63) is 0 Å². The summed E-state index contributed by atoms with van der Waals surface area (Å²) in [5.74, 6) is -2.29. The van der Waals surface area contributed by atoms with Crippen molar-refractivity contribution in [2.24, 2.45) is 0 Å². The van der Waals surface area contributed by atoms with Crippen molar-refractivity contribution in [1.82, 2.24) is 10.6 Å². The minimum absolute atomic E-state index is 0.357. The number of halogens is 2. The van der Waals surface area contributed by atoms with E-state index in [1.54, 1.807) is 11.4 Å². The lowest BCUT2D eigenvalue weighted by molar-refractivity contribution is -0.139. The molecule has 0 aromatic rings. The lowest BCUT2D eigenvalue weighted by Crippen LogP contribution is -2.44. The fourth-order valence-corrected chi connectivity index (χ4v) is 0.567. The van der Waals surface area contributed by atoms with Crippen LogP contribution in [-0.2, 0) is 9.59 Å². The molecule has 0 fully saturated rings. The van der Waals surface area contributed by atoms with Crippen LogP contribution in [0.3, 0.4) is 0 Å². The highest BCUT2D eigenvalue weighted by atomic mass is 19.3. The van der Waals surface area contributed by atoms with Gasteiger partial charge in [-0.05, 0) is 0 Å². The molecule has 0 aliphatic heterocycles. The Hall–Kier alpha value is -1.75. The van der Waals surface area contributed by atoms with Crippen LogP contribution in [0.2, 0.25) is 0 Å². The van der Waals surface area contributed by atoms with Gasteiger partial charge >= 0.3 is 11.8 Å². The van der Waals surface area contributed by atoms with E-state index in [1.165, 1.54) is 0 Å². The molecule has 0 aliphatic rings. The van der Waals surface area contributed by atoms with Gasteiger partial charge in [-0.3, -0.25) is 9.59 Å². The zero-order valence-electron chi connectivity index (χ0n) is 7.54. The molecule has 8 heteroatoms. The van der Waals surface area contributed by atoms with Crippen LogP contribution < -0.4 is 10.6 Å². The maximum Gasteiger partial charge on any atom is 0.310 e. The van der Waals surface area contributed by atoms with E-state index < -0.39 is 30.9 Å². The first-order valence-electron chi connectivity index (χ1n) is 3.88. The molecule has 0 bridgehead atoms. The van der Waals surface area contributed by atoms with Crippen LogP contribution in [-0.4, -0.2) is 42.5 Å². The maximum absolute atomic E-state index is 11.7. The van der Waals surface area contributed by atoms with E-state index in [4.69, 9.17) is 10.4 Å². The molecule has 3 N–H and O–H groups in total. The Morgan fingerprint density at radius 2 is 1.87 bits per heavy atom. The minimum Gasteiger partial charge on any atom is -0.385 e. The number of hydrogen-bond donors (Lipinski definition) is 3. The fourth-order valence-electron chi connectivity index (χ4n) is 0.567. The lowest BCUT2D eigenvalue weighted by Gasteiger charge is -2.09. The second-order valence-electron chi connectivity index (χ2n) is 2.45. The Bertz CT molecular complexity index is 277. The first-order valence-corrected chi connectivity index (χ1v) is 3.88. The molecule has 0 aromatic heterocycles. The average molecular weight is 221 g/mol. The van der Waals surface area contributed by atoms with Gasteiger partial charge in [-0.1, -0.05) is 0 Å². The van der Waals surface area contributed by atoms with Gasteiger partial charge in [0, 0.05) is 6.54 Å². The number of carbonyl (C=O) groups excluding carboxylic acids is 2. The van der Waals surface area contributed by atoms with Crippen LogP contribution in [0.25, 0.3) is 0 Å². The Morgan fingerprint density at radius 1 is 1.33 bits per heavy atom. The van der Waals surface area contributed by atoms with Crippen molar-refractivity contribution >= 4 is 11.8 Å². The molecule has 0 aliphatic carbocycles. The molecule has 6 nitrogen and oxygen atoms in total. The topological polar surface area (TPSA) is 102 Å². The second-order valence-corrected chi connectivity index (χ2v) is 2.45. The van der Waals surface area contributed by atoms with Crippen LogP contribution in [0.1, 0.15) is 0 Å². The van der Waals surface area contributed by atoms with Gasteiger partial charge in [0.25, 0.3) is 6.43 Å². The zero-order chi connectivity index (χ0) is 11.8. The van der Waals surface area contributed by atoms with Crippen LogP contribution in [0.4, 0.5) is 8.78 Å². The Labute approximate surface area is 83.9 Å². The number of aliphatic hydroxyl groups is 1. The normalized spacial score (nSPS) is 11.7. The predicted octanol–water partition coefficient (Wildman–Crippen LogP) is -1.63. The Balaban J connectivity index is 3.84. The number of carbonyl (C=O) groups is 2. The molecule has 15 heavy (non-hydrogen) atoms. The van der Waals surface area contributed by atoms with E-state index in [0.717, 1.165) is 0 Å². The molecule has 1 unspecified atom stereocenters. The quantitative estimate of drug-likeness (QED) is 0.391. The minimum atomic E-state index is -2.99. The van der Waals surface area contributed by atoms with Crippen LogP contribution in [0, 0.1) is 11.3 Å². The number of alkyl halides is 2. The summed E-state index contributed by atoms with van der Waals surface area (Å²) >= 11 is 0. The van der Waals surface area contributed by atoms with Crippen molar-refractivity contribution in [1.29, 1.82) is 5.26 Å². The van der Waals surface area contributed by atoms with E-state index >= 15 is 0 Å². The summed E-state index contributed by atoms with van der Waals surface area (Å²) in [6, 6.07) is 1.56. The van der Waals surface area contributed by atoms with Crippen molar-refractivity contribution in [3.8, 4) is 6.07 Å². The standard InChI is InChI=1S/C7H9F2N3O3/c8-5(9)4(13)3-12-7(15)6(14)11-2-1-10/h4-5,13H,2-3H2,(H,11,14)(H,12,15). The van der Waals surface area contributed by atoms with E-state index in [-0.39, 0.29) is 6.54 Å². The number of nitrogens with zero attached hydrogens (tertiary/aromatic N) is 1. The van der Waals surface area contributed by atoms with Crippen molar-refractivity contribution in [2.45, 2.75) is 12.5 Å². The average Bonchev–Trinajstić information content (AvgIpc) is 2.21. The van der Waals surface area contributed by atoms with E-state index in [2.05, 4.69) is 0 Å². The van der Waals surface area contributed by atoms with Gasteiger partial charge in [0.05, 0.1) is 6.07 Å². The molecule has 0 radical (unpaired) electrons. The zero-order valence-corrected chi connectivity index (χ0v) is 7.54. The van der Waals surface area contributed by atoms with Crippen molar-refractivity contribution in [3.63, 3.8) is 0 Å². The van der Waals surface area contributed by atoms with Gasteiger partial charge < -0.3 is 15.7 Å². The molecule has 0 aromatic carbocycles. The molecular formula is C7H9F2N3O3. The highest BCUT2D eigenvalue weighted by molar-refractivity contribution is 6.35. The highest BCUT2D eigenvalue weighted by Crippen LogP contribution is 1.97. The summed E-state index contributed by atoms with van der Waals surface area (Å²) in [6.45, 7) is -1.08. The third kappa shape index (κ3) is 5.53. The largest absolute Gasteiger partial charge is 0.385 e. The number of aliphatic hydroxyl groups excluding tert-OH is 1. The molecule has 0 rings (SSSR count). The van der Waals surface area contributed by atoms with Crippen LogP contribution in [0.5, 0.6) is 0 Å². The number of hydrogen-bond acceptors (Lipinski definition) is 4. The second kappa shape index (κ2) is 6.67. The van der Waals surface area contributed by atoms with Gasteiger partial charge in [0.2, 0.25) is 0 Å². The molecule has 0 heterocycles. The van der Waals surface area contributed by atoms with Gasteiger partial charge in [-0.15, -0.1) is 0 Å². The Morgan fingerprint density at radius 3 is 2.33 bits per heavy atom. The summed E-state index contributed by atoms with van der Waals surface area (Å²) in [7, 11) is 0. The monoisotopic (exact) mass is 221 g/mol. The number of rotatable bonds is 4. The summed E-state index contributed by atoms with van der Waals surface area (Å²) in [5.41, 5.74) is 0. The first-order chi connectivity index (χ1) is 6.99. The number of amides is 2. The van der Waals surface area contributed by atoms with E-state index in [1.807, 2.05) is 5.32 Å². The van der Waals surface area contributed by atoms with Crippen molar-refractivity contribution < 1.29 is 23.5 Å². The number of nitriles is 1. The van der Waals surface area contributed by atoms with Crippen LogP contribution in [0.15, 0.2) is 0 Å². The highest BCUT2D eigenvalue weighted by Gasteiger charge is 2.19. The van der Waals surface area contributed by atoms with Gasteiger partial charge in [0.15, 0.2) is 0 Å². The van der Waals surface area contributed by atoms with E-state index in [9.17, 15) is 18.4 Å². The first kappa shape index (κ1) is 13.2.